The molecule has 0 aliphatic rings. The van der Waals surface area contributed by atoms with Gasteiger partial charge in [0.15, 0.2) is 0 Å². The Morgan fingerprint density at radius 3 is 2.23 bits per heavy atom. The second kappa shape index (κ2) is 13.1. The fraction of sp³-hybridized carbons (Fsp3) is 0.320. The van der Waals surface area contributed by atoms with Crippen LogP contribution in [0.2, 0.25) is 5.02 Å². The van der Waals surface area contributed by atoms with Crippen LogP contribution in [0.15, 0.2) is 88.8 Å². The standard InChI is InChI=1S/C25H34Cl2N4/c1-8-15-29-23(10-3)24(18(4)28)25(19-11-13-21(27)14-12-19)31(7)22(17-30(5)6)16-20(26)9-2/h9-14,16-17,25H,2-3,8,15,28H2,1,4-7H3/b20-16+,22-17+,24-18?,29-23?. The van der Waals surface area contributed by atoms with Crippen LogP contribution in [0.5, 0.6) is 0 Å². The Bertz CT molecular complexity index is 873. The van der Waals surface area contributed by atoms with Gasteiger partial charge in [0, 0.05) is 55.2 Å². The van der Waals surface area contributed by atoms with E-state index < -0.39 is 0 Å². The predicted octanol–water partition coefficient (Wildman–Crippen LogP) is 6.29. The van der Waals surface area contributed by atoms with Gasteiger partial charge in [0.25, 0.3) is 0 Å². The van der Waals surface area contributed by atoms with Gasteiger partial charge >= 0.3 is 0 Å². The number of benzene rings is 1. The van der Waals surface area contributed by atoms with Crippen LogP contribution in [0.4, 0.5) is 0 Å². The summed E-state index contributed by atoms with van der Waals surface area (Å²) in [5.41, 5.74) is 10.7. The van der Waals surface area contributed by atoms with Gasteiger partial charge in [0.1, 0.15) is 0 Å². The zero-order chi connectivity index (χ0) is 23.6. The number of halogens is 2. The van der Waals surface area contributed by atoms with Crippen LogP contribution in [0.1, 0.15) is 31.9 Å². The van der Waals surface area contributed by atoms with Crippen molar-refractivity contribution in [3.05, 3.63) is 94.4 Å². The van der Waals surface area contributed by atoms with Gasteiger partial charge in [-0.3, -0.25) is 4.99 Å². The van der Waals surface area contributed by atoms with E-state index in [1.807, 2.05) is 69.5 Å². The van der Waals surface area contributed by atoms with Crippen LogP contribution in [-0.4, -0.2) is 43.2 Å². The Balaban J connectivity index is 3.81. The molecule has 1 aromatic carbocycles. The lowest BCUT2D eigenvalue weighted by Crippen LogP contribution is -2.30. The smallest absolute Gasteiger partial charge is 0.0830 e. The van der Waals surface area contributed by atoms with Crippen molar-refractivity contribution in [1.82, 2.24) is 9.80 Å². The van der Waals surface area contributed by atoms with E-state index in [4.69, 9.17) is 33.9 Å². The summed E-state index contributed by atoms with van der Waals surface area (Å²) in [7, 11) is 5.93. The molecule has 0 aliphatic carbocycles. The van der Waals surface area contributed by atoms with E-state index in [2.05, 4.69) is 25.0 Å². The molecule has 0 saturated heterocycles. The van der Waals surface area contributed by atoms with Gasteiger partial charge in [-0.15, -0.1) is 0 Å². The van der Waals surface area contributed by atoms with E-state index in [9.17, 15) is 0 Å². The van der Waals surface area contributed by atoms with Crippen molar-refractivity contribution in [2.45, 2.75) is 26.3 Å². The Hall–Kier alpha value is -2.43. The normalized spacial score (nSPS) is 14.6. The number of likely N-dealkylation sites (N-methyl/N-ethyl adjacent to an activating group) is 1. The summed E-state index contributed by atoms with van der Waals surface area (Å²) < 4.78 is 0. The van der Waals surface area contributed by atoms with Crippen LogP contribution >= 0.6 is 23.2 Å². The van der Waals surface area contributed by atoms with Gasteiger partial charge in [-0.2, -0.15) is 0 Å². The molecular formula is C25H34Cl2N4. The third kappa shape index (κ3) is 7.97. The van der Waals surface area contributed by atoms with Crippen LogP contribution in [-0.2, 0) is 0 Å². The van der Waals surface area contributed by atoms with E-state index in [0.717, 1.165) is 29.0 Å². The van der Waals surface area contributed by atoms with Gasteiger partial charge in [-0.25, -0.2) is 0 Å². The monoisotopic (exact) mass is 460 g/mol. The predicted molar refractivity (Wildman–Crippen MR) is 138 cm³/mol. The van der Waals surface area contributed by atoms with Crippen molar-refractivity contribution in [3.63, 3.8) is 0 Å². The van der Waals surface area contributed by atoms with Crippen LogP contribution in [0.3, 0.4) is 0 Å². The number of nitrogens with two attached hydrogens (primary N) is 1. The molecule has 0 amide bonds. The molecule has 0 heterocycles. The molecule has 31 heavy (non-hydrogen) atoms. The Labute approximate surface area is 197 Å². The Kier molecular flexibility index (Phi) is 11.2. The molecule has 168 valence electrons. The first-order valence-electron chi connectivity index (χ1n) is 10.2. The van der Waals surface area contributed by atoms with E-state index in [1.165, 1.54) is 0 Å². The molecule has 2 N–H and O–H groups in total. The maximum atomic E-state index is 6.43. The van der Waals surface area contributed by atoms with Crippen molar-refractivity contribution in [2.75, 3.05) is 27.7 Å². The highest BCUT2D eigenvalue weighted by Crippen LogP contribution is 2.34. The van der Waals surface area contributed by atoms with E-state index in [0.29, 0.717) is 22.3 Å². The highest BCUT2D eigenvalue weighted by molar-refractivity contribution is 6.31. The topological polar surface area (TPSA) is 44.9 Å². The summed E-state index contributed by atoms with van der Waals surface area (Å²) >= 11 is 12.5. The number of allylic oxidation sites excluding steroid dienone is 5. The third-order valence-electron chi connectivity index (χ3n) is 4.52. The van der Waals surface area contributed by atoms with Crippen molar-refractivity contribution in [1.29, 1.82) is 0 Å². The molecule has 4 nitrogen and oxygen atoms in total. The SMILES string of the molecule is C=CC(=NCCC)C(=C(C)N)C(c1ccc(Cl)cc1)N(C)C(/C=C(/Cl)C=C)=C/N(C)C. The number of rotatable bonds is 11. The van der Waals surface area contributed by atoms with Crippen LogP contribution in [0.25, 0.3) is 0 Å². The lowest BCUT2D eigenvalue weighted by molar-refractivity contribution is 0.352. The molecule has 1 rings (SSSR count). The second-order valence-corrected chi connectivity index (χ2v) is 8.26. The van der Waals surface area contributed by atoms with Gasteiger partial charge in [-0.1, -0.05) is 61.5 Å². The first-order valence-corrected chi connectivity index (χ1v) is 10.9. The van der Waals surface area contributed by atoms with Crippen LogP contribution < -0.4 is 5.73 Å². The molecule has 0 bridgehead atoms. The van der Waals surface area contributed by atoms with Gasteiger partial charge in [0.2, 0.25) is 0 Å². The van der Waals surface area contributed by atoms with Crippen molar-refractivity contribution in [2.24, 2.45) is 10.7 Å². The molecule has 6 heteroatoms. The van der Waals surface area contributed by atoms with Crippen molar-refractivity contribution in [3.8, 4) is 0 Å². The molecular weight excluding hydrogens is 427 g/mol. The highest BCUT2D eigenvalue weighted by Gasteiger charge is 2.27. The fourth-order valence-corrected chi connectivity index (χ4v) is 3.36. The van der Waals surface area contributed by atoms with E-state index >= 15 is 0 Å². The summed E-state index contributed by atoms with van der Waals surface area (Å²) in [4.78, 5) is 8.83. The first kappa shape index (κ1) is 26.6. The number of nitrogens with zero attached hydrogens (tertiary/aromatic N) is 3. The van der Waals surface area contributed by atoms with Gasteiger partial charge < -0.3 is 15.5 Å². The summed E-state index contributed by atoms with van der Waals surface area (Å²) in [6.45, 7) is 12.4. The molecule has 0 saturated carbocycles. The van der Waals surface area contributed by atoms with Crippen LogP contribution in [0, 0.1) is 0 Å². The summed E-state index contributed by atoms with van der Waals surface area (Å²) in [6, 6.07) is 7.50. The maximum Gasteiger partial charge on any atom is 0.0830 e. The average molecular weight is 461 g/mol. The zero-order valence-corrected chi connectivity index (χ0v) is 20.7. The summed E-state index contributed by atoms with van der Waals surface area (Å²) in [5, 5.41) is 1.20. The van der Waals surface area contributed by atoms with Gasteiger partial charge in [0.05, 0.1) is 17.5 Å². The Morgan fingerprint density at radius 1 is 1.16 bits per heavy atom. The molecule has 0 spiro atoms. The molecule has 1 atom stereocenters. The van der Waals surface area contributed by atoms with Gasteiger partial charge in [-0.05, 0) is 43.2 Å². The van der Waals surface area contributed by atoms with Crippen molar-refractivity contribution < 1.29 is 0 Å². The minimum Gasteiger partial charge on any atom is -0.402 e. The van der Waals surface area contributed by atoms with E-state index in [1.54, 1.807) is 12.2 Å². The molecule has 1 aromatic rings. The fourth-order valence-electron chi connectivity index (χ4n) is 3.12. The lowest BCUT2D eigenvalue weighted by atomic mass is 9.91. The zero-order valence-electron chi connectivity index (χ0n) is 19.2. The lowest BCUT2D eigenvalue weighted by Gasteiger charge is -2.34. The summed E-state index contributed by atoms with van der Waals surface area (Å²) in [5.74, 6) is 0. The second-order valence-electron chi connectivity index (χ2n) is 7.38. The first-order chi connectivity index (χ1) is 14.7. The molecule has 0 aromatic heterocycles. The molecule has 1 unspecified atom stereocenters. The molecule has 0 aliphatic heterocycles. The third-order valence-corrected chi connectivity index (χ3v) is 5.04. The minimum atomic E-state index is -0.243. The van der Waals surface area contributed by atoms with E-state index in [-0.39, 0.29) is 6.04 Å². The minimum absolute atomic E-state index is 0.243. The summed E-state index contributed by atoms with van der Waals surface area (Å²) in [6.07, 6.45) is 8.17. The highest BCUT2D eigenvalue weighted by atomic mass is 35.5. The maximum absolute atomic E-state index is 6.43. The largest absolute Gasteiger partial charge is 0.402 e. The number of aliphatic imine (C=N–C) groups is 1. The molecule has 0 radical (unpaired) electrons. The number of hydrogen-bond acceptors (Lipinski definition) is 4. The number of hydrogen-bond donors (Lipinski definition) is 1. The average Bonchev–Trinajstić information content (AvgIpc) is 2.72. The Morgan fingerprint density at radius 2 is 1.77 bits per heavy atom. The van der Waals surface area contributed by atoms with Crippen molar-refractivity contribution >= 4 is 28.9 Å². The molecule has 0 fully saturated rings. The quantitative estimate of drug-likeness (QED) is 0.311.